The Morgan fingerprint density at radius 2 is 1.71 bits per heavy atom. The second kappa shape index (κ2) is 7.00. The predicted octanol–water partition coefficient (Wildman–Crippen LogP) is 4.80. The molecule has 112 valence electrons. The predicted molar refractivity (Wildman–Crippen MR) is 82.5 cm³/mol. The number of halogens is 3. The van der Waals surface area contributed by atoms with E-state index in [0.717, 1.165) is 12.0 Å². The molecule has 1 atom stereocenters. The zero-order valence-electron chi connectivity index (χ0n) is 11.6. The Bertz CT molecular complexity index is 634. The maximum atomic E-state index is 14.0. The fraction of sp³-hybridized carbons (Fsp3) is 0.250. The molecule has 2 N–H and O–H groups in total. The van der Waals surface area contributed by atoms with E-state index in [1.54, 1.807) is 12.1 Å². The van der Waals surface area contributed by atoms with E-state index in [4.69, 9.17) is 10.5 Å². The Balaban J connectivity index is 2.17. The van der Waals surface area contributed by atoms with E-state index in [2.05, 4.69) is 15.9 Å². The molecule has 0 saturated carbocycles. The first-order valence-corrected chi connectivity index (χ1v) is 7.45. The SMILES string of the molecule is CCC(N)Cc1ccc(Oc2ccc(Br)cc2F)c(F)c1. The monoisotopic (exact) mass is 355 g/mol. The van der Waals surface area contributed by atoms with E-state index in [0.29, 0.717) is 10.9 Å². The van der Waals surface area contributed by atoms with Crippen molar-refractivity contribution in [3.8, 4) is 11.5 Å². The molecule has 0 saturated heterocycles. The molecule has 2 nitrogen and oxygen atoms in total. The third-order valence-electron chi connectivity index (χ3n) is 3.13. The van der Waals surface area contributed by atoms with Crippen molar-refractivity contribution in [1.29, 1.82) is 0 Å². The van der Waals surface area contributed by atoms with Crippen LogP contribution in [-0.4, -0.2) is 6.04 Å². The van der Waals surface area contributed by atoms with Gasteiger partial charge in [0.05, 0.1) is 0 Å². The molecule has 0 aliphatic carbocycles. The molecule has 0 bridgehead atoms. The highest BCUT2D eigenvalue weighted by atomic mass is 79.9. The number of benzene rings is 2. The van der Waals surface area contributed by atoms with Crippen LogP contribution in [0.4, 0.5) is 8.78 Å². The smallest absolute Gasteiger partial charge is 0.166 e. The molecule has 0 fully saturated rings. The van der Waals surface area contributed by atoms with Gasteiger partial charge in [0, 0.05) is 10.5 Å². The summed E-state index contributed by atoms with van der Waals surface area (Å²) in [6, 6.07) is 8.95. The summed E-state index contributed by atoms with van der Waals surface area (Å²) in [6.45, 7) is 1.98. The number of nitrogens with two attached hydrogens (primary N) is 1. The normalized spacial score (nSPS) is 12.2. The molecule has 0 aliphatic heterocycles. The Morgan fingerprint density at radius 1 is 1.10 bits per heavy atom. The van der Waals surface area contributed by atoms with Crippen molar-refractivity contribution in [3.05, 3.63) is 58.1 Å². The summed E-state index contributed by atoms with van der Waals surface area (Å²) in [5.74, 6) is -1.11. The standard InChI is InChI=1S/C16H16BrF2NO/c1-2-12(20)7-10-3-5-15(13(18)8-10)21-16-6-4-11(17)9-14(16)19/h3-6,8-9,12H,2,7,20H2,1H3. The lowest BCUT2D eigenvalue weighted by Crippen LogP contribution is -2.21. The number of hydrogen-bond donors (Lipinski definition) is 1. The van der Waals surface area contributed by atoms with Gasteiger partial charge in [-0.2, -0.15) is 0 Å². The van der Waals surface area contributed by atoms with Crippen LogP contribution in [0.2, 0.25) is 0 Å². The fourth-order valence-corrected chi connectivity index (χ4v) is 2.21. The van der Waals surface area contributed by atoms with Crippen LogP contribution < -0.4 is 10.5 Å². The topological polar surface area (TPSA) is 35.2 Å². The third-order valence-corrected chi connectivity index (χ3v) is 3.63. The van der Waals surface area contributed by atoms with E-state index in [-0.39, 0.29) is 17.5 Å². The van der Waals surface area contributed by atoms with Crippen LogP contribution in [0.15, 0.2) is 40.9 Å². The zero-order chi connectivity index (χ0) is 15.4. The molecule has 1 unspecified atom stereocenters. The summed E-state index contributed by atoms with van der Waals surface area (Å²) in [5, 5.41) is 0. The summed E-state index contributed by atoms with van der Waals surface area (Å²) in [5.41, 5.74) is 6.64. The Kier molecular flexibility index (Phi) is 5.31. The molecular weight excluding hydrogens is 340 g/mol. The molecule has 2 rings (SSSR count). The van der Waals surface area contributed by atoms with Gasteiger partial charge in [-0.15, -0.1) is 0 Å². The molecule has 0 radical (unpaired) electrons. The van der Waals surface area contributed by atoms with E-state index in [1.807, 2.05) is 6.92 Å². The average Bonchev–Trinajstić information content (AvgIpc) is 2.44. The van der Waals surface area contributed by atoms with E-state index < -0.39 is 11.6 Å². The van der Waals surface area contributed by atoms with Crippen molar-refractivity contribution in [2.45, 2.75) is 25.8 Å². The Labute approximate surface area is 131 Å². The van der Waals surface area contributed by atoms with Crippen LogP contribution in [0.1, 0.15) is 18.9 Å². The largest absolute Gasteiger partial charge is 0.451 e. The van der Waals surface area contributed by atoms with Crippen LogP contribution in [-0.2, 0) is 6.42 Å². The fourth-order valence-electron chi connectivity index (χ4n) is 1.88. The zero-order valence-corrected chi connectivity index (χ0v) is 13.2. The molecule has 0 heterocycles. The second-order valence-electron chi connectivity index (χ2n) is 4.81. The minimum Gasteiger partial charge on any atom is -0.451 e. The van der Waals surface area contributed by atoms with Gasteiger partial charge in [-0.1, -0.05) is 28.9 Å². The van der Waals surface area contributed by atoms with Crippen molar-refractivity contribution < 1.29 is 13.5 Å². The van der Waals surface area contributed by atoms with Gasteiger partial charge in [0.1, 0.15) is 0 Å². The van der Waals surface area contributed by atoms with Gasteiger partial charge in [0.2, 0.25) is 0 Å². The highest BCUT2D eigenvalue weighted by molar-refractivity contribution is 9.10. The van der Waals surface area contributed by atoms with Crippen molar-refractivity contribution in [3.63, 3.8) is 0 Å². The molecule has 0 amide bonds. The first kappa shape index (κ1) is 15.9. The maximum Gasteiger partial charge on any atom is 0.166 e. The Hall–Kier alpha value is -1.46. The maximum absolute atomic E-state index is 14.0. The van der Waals surface area contributed by atoms with Crippen molar-refractivity contribution in [2.24, 2.45) is 5.73 Å². The lowest BCUT2D eigenvalue weighted by atomic mass is 10.0. The molecule has 2 aromatic rings. The number of ether oxygens (including phenoxy) is 1. The molecule has 0 spiro atoms. The third kappa shape index (κ3) is 4.25. The van der Waals surface area contributed by atoms with Crippen molar-refractivity contribution >= 4 is 15.9 Å². The van der Waals surface area contributed by atoms with Crippen LogP contribution in [0, 0.1) is 11.6 Å². The molecule has 0 aliphatic rings. The first-order chi connectivity index (χ1) is 9.99. The van der Waals surface area contributed by atoms with Crippen LogP contribution >= 0.6 is 15.9 Å². The van der Waals surface area contributed by atoms with Gasteiger partial charge < -0.3 is 10.5 Å². The van der Waals surface area contributed by atoms with Gasteiger partial charge in [-0.05, 0) is 48.7 Å². The molecule has 21 heavy (non-hydrogen) atoms. The summed E-state index contributed by atoms with van der Waals surface area (Å²) < 4.78 is 33.5. The Morgan fingerprint density at radius 3 is 2.29 bits per heavy atom. The molecule has 0 aromatic heterocycles. The van der Waals surface area contributed by atoms with E-state index in [9.17, 15) is 8.78 Å². The van der Waals surface area contributed by atoms with E-state index >= 15 is 0 Å². The summed E-state index contributed by atoms with van der Waals surface area (Å²) in [6.07, 6.45) is 1.42. The summed E-state index contributed by atoms with van der Waals surface area (Å²) in [4.78, 5) is 0. The van der Waals surface area contributed by atoms with E-state index in [1.165, 1.54) is 24.3 Å². The summed E-state index contributed by atoms with van der Waals surface area (Å²) >= 11 is 3.15. The number of rotatable bonds is 5. The average molecular weight is 356 g/mol. The van der Waals surface area contributed by atoms with Crippen LogP contribution in [0.5, 0.6) is 11.5 Å². The quantitative estimate of drug-likeness (QED) is 0.835. The van der Waals surface area contributed by atoms with Crippen molar-refractivity contribution in [1.82, 2.24) is 0 Å². The van der Waals surface area contributed by atoms with Gasteiger partial charge in [0.25, 0.3) is 0 Å². The van der Waals surface area contributed by atoms with Gasteiger partial charge in [0.15, 0.2) is 23.1 Å². The highest BCUT2D eigenvalue weighted by Gasteiger charge is 2.11. The summed E-state index contributed by atoms with van der Waals surface area (Å²) in [7, 11) is 0. The molecular formula is C16H16BrF2NO. The second-order valence-corrected chi connectivity index (χ2v) is 5.73. The van der Waals surface area contributed by atoms with Gasteiger partial charge in [-0.25, -0.2) is 8.78 Å². The first-order valence-electron chi connectivity index (χ1n) is 6.66. The van der Waals surface area contributed by atoms with Gasteiger partial charge >= 0.3 is 0 Å². The van der Waals surface area contributed by atoms with Crippen LogP contribution in [0.25, 0.3) is 0 Å². The highest BCUT2D eigenvalue weighted by Crippen LogP contribution is 2.29. The van der Waals surface area contributed by atoms with Crippen molar-refractivity contribution in [2.75, 3.05) is 0 Å². The lowest BCUT2D eigenvalue weighted by molar-refractivity contribution is 0.414. The minimum atomic E-state index is -0.555. The minimum absolute atomic E-state index is 0.0000800. The molecule has 5 heteroatoms. The van der Waals surface area contributed by atoms with Gasteiger partial charge in [-0.3, -0.25) is 0 Å². The lowest BCUT2D eigenvalue weighted by Gasteiger charge is -2.11. The molecule has 2 aromatic carbocycles. The van der Waals surface area contributed by atoms with Crippen LogP contribution in [0.3, 0.4) is 0 Å². The number of hydrogen-bond acceptors (Lipinski definition) is 2.